The van der Waals surface area contributed by atoms with E-state index in [0.717, 1.165) is 36.0 Å². The van der Waals surface area contributed by atoms with E-state index in [9.17, 15) is 5.11 Å². The molecule has 5 rings (SSSR count). The van der Waals surface area contributed by atoms with Crippen LogP contribution in [-0.4, -0.2) is 34.1 Å². The van der Waals surface area contributed by atoms with Crippen LogP contribution < -0.4 is 0 Å². The van der Waals surface area contributed by atoms with Gasteiger partial charge in [-0.25, -0.2) is 0 Å². The number of hydrogen-bond acceptors (Lipinski definition) is 3. The highest BCUT2D eigenvalue weighted by Crippen LogP contribution is 2.41. The zero-order chi connectivity index (χ0) is 15.1. The van der Waals surface area contributed by atoms with Crippen molar-refractivity contribution in [2.24, 2.45) is 11.8 Å². The number of pyridine rings is 1. The van der Waals surface area contributed by atoms with Gasteiger partial charge in [-0.3, -0.25) is 9.88 Å². The quantitative estimate of drug-likeness (QED) is 0.883. The molecule has 1 N–H and O–H groups in total. The van der Waals surface area contributed by atoms with Crippen molar-refractivity contribution >= 4 is 10.9 Å². The van der Waals surface area contributed by atoms with E-state index in [1.807, 2.05) is 30.5 Å². The second kappa shape index (κ2) is 5.49. The van der Waals surface area contributed by atoms with E-state index in [-0.39, 0.29) is 6.04 Å². The molecule has 1 aromatic heterocycles. The van der Waals surface area contributed by atoms with Crippen molar-refractivity contribution in [3.8, 4) is 0 Å². The maximum absolute atomic E-state index is 11.0. The highest BCUT2D eigenvalue weighted by molar-refractivity contribution is 5.82. The minimum Gasteiger partial charge on any atom is -0.387 e. The van der Waals surface area contributed by atoms with E-state index in [2.05, 4.69) is 28.6 Å². The summed E-state index contributed by atoms with van der Waals surface area (Å²) in [5, 5.41) is 12.1. The Morgan fingerprint density at radius 3 is 2.95 bits per heavy atom. The van der Waals surface area contributed by atoms with Crippen LogP contribution >= 0.6 is 0 Å². The summed E-state index contributed by atoms with van der Waals surface area (Å²) in [5.74, 6) is 1.27. The summed E-state index contributed by atoms with van der Waals surface area (Å²) >= 11 is 0. The number of aromatic nitrogens is 1. The van der Waals surface area contributed by atoms with Gasteiger partial charge in [-0.2, -0.15) is 0 Å². The molecule has 1 unspecified atom stereocenters. The number of rotatable bonds is 3. The molecule has 3 nitrogen and oxygen atoms in total. The van der Waals surface area contributed by atoms with Crippen molar-refractivity contribution in [1.29, 1.82) is 0 Å². The highest BCUT2D eigenvalue weighted by atomic mass is 16.3. The van der Waals surface area contributed by atoms with Gasteiger partial charge in [0.1, 0.15) is 0 Å². The van der Waals surface area contributed by atoms with Gasteiger partial charge in [-0.15, -0.1) is 6.58 Å². The molecule has 3 fully saturated rings. The number of benzene rings is 1. The minimum atomic E-state index is -0.443. The Balaban J connectivity index is 1.67. The van der Waals surface area contributed by atoms with E-state index in [0.29, 0.717) is 11.8 Å². The molecule has 114 valence electrons. The first-order valence-electron chi connectivity index (χ1n) is 8.16. The minimum absolute atomic E-state index is 0.223. The van der Waals surface area contributed by atoms with Gasteiger partial charge in [0.15, 0.2) is 0 Å². The van der Waals surface area contributed by atoms with Gasteiger partial charge in [0, 0.05) is 24.2 Å². The molecular weight excluding hydrogens is 272 g/mol. The predicted molar refractivity (Wildman–Crippen MR) is 88.5 cm³/mol. The SMILES string of the molecule is C=C[C@H]1CN2CC[C@@H]1C[C@@H]2[C@H](O)c1ccnc2ccccc12. The van der Waals surface area contributed by atoms with Crippen molar-refractivity contribution in [3.63, 3.8) is 0 Å². The Labute approximate surface area is 131 Å². The zero-order valence-electron chi connectivity index (χ0n) is 12.7. The van der Waals surface area contributed by atoms with Gasteiger partial charge in [-0.1, -0.05) is 24.3 Å². The molecule has 0 amide bonds. The molecule has 0 aliphatic carbocycles. The van der Waals surface area contributed by atoms with Crippen LogP contribution in [0.15, 0.2) is 49.2 Å². The number of aliphatic hydroxyl groups is 1. The largest absolute Gasteiger partial charge is 0.387 e. The zero-order valence-corrected chi connectivity index (χ0v) is 12.7. The average Bonchev–Trinajstić information content (AvgIpc) is 2.60. The van der Waals surface area contributed by atoms with Gasteiger partial charge in [0.05, 0.1) is 11.6 Å². The third-order valence-electron chi connectivity index (χ3n) is 5.52. The van der Waals surface area contributed by atoms with E-state index in [1.165, 1.54) is 6.42 Å². The molecule has 0 spiro atoms. The second-order valence-corrected chi connectivity index (χ2v) is 6.61. The fraction of sp³-hybridized carbons (Fsp3) is 0.421. The van der Waals surface area contributed by atoms with Crippen LogP contribution in [0.3, 0.4) is 0 Å². The lowest BCUT2D eigenvalue weighted by Crippen LogP contribution is -2.54. The molecule has 0 radical (unpaired) electrons. The topological polar surface area (TPSA) is 36.4 Å². The number of fused-ring (bicyclic) bond motifs is 4. The molecule has 3 aliphatic heterocycles. The summed E-state index contributed by atoms with van der Waals surface area (Å²) in [6.45, 7) is 6.11. The molecular formula is C19H22N2O. The third-order valence-corrected chi connectivity index (χ3v) is 5.52. The van der Waals surface area contributed by atoms with Crippen molar-refractivity contribution in [2.45, 2.75) is 25.0 Å². The fourth-order valence-corrected chi connectivity index (χ4v) is 4.29. The molecule has 3 heteroatoms. The lowest BCUT2D eigenvalue weighted by molar-refractivity contribution is -0.0444. The summed E-state index contributed by atoms with van der Waals surface area (Å²) in [6.07, 6.45) is 5.76. The van der Waals surface area contributed by atoms with Crippen molar-refractivity contribution < 1.29 is 5.11 Å². The van der Waals surface area contributed by atoms with Crippen LogP contribution in [0.25, 0.3) is 10.9 Å². The summed E-state index contributed by atoms with van der Waals surface area (Å²) < 4.78 is 0. The molecule has 2 aromatic rings. The van der Waals surface area contributed by atoms with Gasteiger partial charge in [0.2, 0.25) is 0 Å². The molecule has 3 aliphatic rings. The lowest BCUT2D eigenvalue weighted by atomic mass is 9.73. The first kappa shape index (κ1) is 13.9. The molecule has 0 saturated carbocycles. The molecule has 1 aromatic carbocycles. The Hall–Kier alpha value is -1.71. The average molecular weight is 294 g/mol. The molecule has 4 heterocycles. The Morgan fingerprint density at radius 1 is 1.32 bits per heavy atom. The molecule has 5 atom stereocenters. The van der Waals surface area contributed by atoms with Crippen molar-refractivity contribution in [1.82, 2.24) is 9.88 Å². The maximum atomic E-state index is 11.0. The standard InChI is InChI=1S/C19H22N2O/c1-2-13-12-21-10-8-14(13)11-18(21)19(22)16-7-9-20-17-6-4-3-5-15(16)17/h2-7,9,13-14,18-19,22H,1,8,10-12H2/t13-,14+,18+,19+/m0/s1. The Bertz CT molecular complexity index is 693. The van der Waals surface area contributed by atoms with E-state index >= 15 is 0 Å². The van der Waals surface area contributed by atoms with Crippen LogP contribution in [0.5, 0.6) is 0 Å². The highest BCUT2D eigenvalue weighted by Gasteiger charge is 2.42. The van der Waals surface area contributed by atoms with Crippen LogP contribution in [0.2, 0.25) is 0 Å². The third kappa shape index (κ3) is 2.16. The summed E-state index contributed by atoms with van der Waals surface area (Å²) in [5.41, 5.74) is 1.97. The van der Waals surface area contributed by atoms with Crippen molar-refractivity contribution in [3.05, 3.63) is 54.7 Å². The normalized spacial score (nSPS) is 32.0. The monoisotopic (exact) mass is 294 g/mol. The Morgan fingerprint density at radius 2 is 2.18 bits per heavy atom. The van der Waals surface area contributed by atoms with Gasteiger partial charge in [0.25, 0.3) is 0 Å². The van der Waals surface area contributed by atoms with Crippen LogP contribution in [-0.2, 0) is 0 Å². The van der Waals surface area contributed by atoms with Crippen LogP contribution in [0.4, 0.5) is 0 Å². The van der Waals surface area contributed by atoms with Crippen molar-refractivity contribution in [2.75, 3.05) is 13.1 Å². The van der Waals surface area contributed by atoms with Gasteiger partial charge in [-0.05, 0) is 48.9 Å². The predicted octanol–water partition coefficient (Wildman–Crippen LogP) is 3.16. The van der Waals surface area contributed by atoms with Gasteiger partial charge >= 0.3 is 0 Å². The maximum Gasteiger partial charge on any atom is 0.0952 e. The number of aliphatic hydroxyl groups excluding tert-OH is 1. The van der Waals surface area contributed by atoms with E-state index in [4.69, 9.17) is 0 Å². The molecule has 22 heavy (non-hydrogen) atoms. The molecule has 3 saturated heterocycles. The summed E-state index contributed by atoms with van der Waals surface area (Å²) in [6, 6.07) is 10.3. The Kier molecular flexibility index (Phi) is 3.47. The number of para-hydroxylation sites is 1. The van der Waals surface area contributed by atoms with E-state index in [1.54, 1.807) is 0 Å². The lowest BCUT2D eigenvalue weighted by Gasteiger charge is -2.50. The number of piperidine rings is 3. The summed E-state index contributed by atoms with van der Waals surface area (Å²) in [7, 11) is 0. The van der Waals surface area contributed by atoms with E-state index < -0.39 is 6.10 Å². The molecule has 2 bridgehead atoms. The fourth-order valence-electron chi connectivity index (χ4n) is 4.29. The first-order valence-corrected chi connectivity index (χ1v) is 8.16. The van der Waals surface area contributed by atoms with Gasteiger partial charge < -0.3 is 5.11 Å². The number of nitrogens with zero attached hydrogens (tertiary/aromatic N) is 2. The smallest absolute Gasteiger partial charge is 0.0952 e. The second-order valence-electron chi connectivity index (χ2n) is 6.61. The van der Waals surface area contributed by atoms with Crippen LogP contribution in [0, 0.1) is 11.8 Å². The van der Waals surface area contributed by atoms with Crippen LogP contribution in [0.1, 0.15) is 24.5 Å². The first-order chi connectivity index (χ1) is 10.8. The number of hydrogen-bond donors (Lipinski definition) is 1. The summed E-state index contributed by atoms with van der Waals surface area (Å²) in [4.78, 5) is 6.86.